The minimum Gasteiger partial charge on any atom is -0.418 e. The van der Waals surface area contributed by atoms with Gasteiger partial charge in [-0.2, -0.15) is 0 Å². The molecule has 1 N–H and O–H groups in total. The van der Waals surface area contributed by atoms with Crippen molar-refractivity contribution in [3.63, 3.8) is 0 Å². The molecule has 3 aromatic heterocycles. The van der Waals surface area contributed by atoms with Crippen LogP contribution in [0.4, 0.5) is 0 Å². The van der Waals surface area contributed by atoms with Crippen LogP contribution in [-0.2, 0) is 6.54 Å². The molecule has 0 bridgehead atoms. The lowest BCUT2D eigenvalue weighted by Crippen LogP contribution is -2.35. The minimum atomic E-state index is -0.181. The predicted molar refractivity (Wildman–Crippen MR) is 99.1 cm³/mol. The van der Waals surface area contributed by atoms with Gasteiger partial charge >= 0.3 is 0 Å². The molecule has 8 heteroatoms. The summed E-state index contributed by atoms with van der Waals surface area (Å²) in [7, 11) is 0. The Morgan fingerprint density at radius 1 is 1.23 bits per heavy atom. The molecule has 1 aromatic carbocycles. The first-order valence-electron chi connectivity index (χ1n) is 8.79. The van der Waals surface area contributed by atoms with E-state index in [2.05, 4.69) is 36.6 Å². The summed E-state index contributed by atoms with van der Waals surface area (Å²) < 4.78 is 9.27. The number of para-hydroxylation sites is 1. The molecule has 26 heavy (non-hydrogen) atoms. The van der Waals surface area contributed by atoms with Crippen LogP contribution in [0.25, 0.3) is 26.8 Å². The van der Waals surface area contributed by atoms with E-state index in [1.54, 1.807) is 11.3 Å². The van der Waals surface area contributed by atoms with Crippen LogP contribution in [0.1, 0.15) is 24.4 Å². The van der Waals surface area contributed by atoms with E-state index < -0.39 is 0 Å². The van der Waals surface area contributed by atoms with Crippen molar-refractivity contribution in [1.29, 1.82) is 0 Å². The van der Waals surface area contributed by atoms with Gasteiger partial charge in [-0.25, -0.2) is 4.98 Å². The average molecular weight is 369 g/mol. The van der Waals surface area contributed by atoms with E-state index in [1.807, 2.05) is 19.1 Å². The summed E-state index contributed by atoms with van der Waals surface area (Å²) in [5, 5.41) is 18.2. The van der Waals surface area contributed by atoms with Gasteiger partial charge in [-0.3, -0.25) is 9.30 Å². The van der Waals surface area contributed by atoms with E-state index in [0.29, 0.717) is 18.3 Å². The number of fused-ring (bicyclic) bond motifs is 3. The molecule has 5 rings (SSSR count). The molecule has 7 nitrogen and oxygen atoms in total. The van der Waals surface area contributed by atoms with E-state index >= 15 is 0 Å². The zero-order valence-electron chi connectivity index (χ0n) is 14.4. The van der Waals surface area contributed by atoms with Crippen LogP contribution in [0.3, 0.4) is 0 Å². The number of benzene rings is 1. The van der Waals surface area contributed by atoms with Gasteiger partial charge in [0.05, 0.1) is 28.6 Å². The first kappa shape index (κ1) is 15.9. The fourth-order valence-corrected chi connectivity index (χ4v) is 4.63. The number of hydrogen-bond acceptors (Lipinski definition) is 7. The highest BCUT2D eigenvalue weighted by molar-refractivity contribution is 7.23. The summed E-state index contributed by atoms with van der Waals surface area (Å²) in [6.45, 7) is 4.29. The lowest BCUT2D eigenvalue weighted by Gasteiger charge is -2.27. The van der Waals surface area contributed by atoms with Crippen molar-refractivity contribution >= 4 is 26.5 Å². The van der Waals surface area contributed by atoms with Crippen LogP contribution in [0, 0.1) is 6.92 Å². The summed E-state index contributed by atoms with van der Waals surface area (Å²) in [4.78, 5) is 7.85. The maximum absolute atomic E-state index is 9.63. The molecule has 0 spiro atoms. The quantitative estimate of drug-likeness (QED) is 0.598. The number of nitrogens with zero attached hydrogens (tertiary/aromatic N) is 5. The highest BCUT2D eigenvalue weighted by Crippen LogP contribution is 2.33. The number of piperidine rings is 1. The van der Waals surface area contributed by atoms with Crippen molar-refractivity contribution in [3.05, 3.63) is 35.9 Å². The number of aliphatic hydroxyl groups excluding tert-OH is 1. The molecule has 1 aliphatic rings. The Balaban J connectivity index is 1.50. The maximum Gasteiger partial charge on any atom is 0.266 e. The van der Waals surface area contributed by atoms with Gasteiger partial charge in [0.15, 0.2) is 4.96 Å². The summed E-state index contributed by atoms with van der Waals surface area (Å²) in [5.74, 6) is 1.11. The molecule has 4 aromatic rings. The molecule has 0 radical (unpaired) electrons. The molecule has 1 saturated heterocycles. The highest BCUT2D eigenvalue weighted by atomic mass is 32.1. The molecule has 1 fully saturated rings. The number of likely N-dealkylation sites (tertiary alicyclic amines) is 1. The number of thiazole rings is 1. The highest BCUT2D eigenvalue weighted by Gasteiger charge is 2.22. The van der Waals surface area contributed by atoms with E-state index in [0.717, 1.165) is 47.8 Å². The molecule has 0 amide bonds. The Hall–Kier alpha value is -2.29. The zero-order valence-corrected chi connectivity index (χ0v) is 15.2. The van der Waals surface area contributed by atoms with Gasteiger partial charge in [-0.1, -0.05) is 23.5 Å². The molecule has 1 aliphatic heterocycles. The number of imidazole rings is 1. The second-order valence-corrected chi connectivity index (χ2v) is 7.75. The van der Waals surface area contributed by atoms with Crippen LogP contribution in [0.5, 0.6) is 0 Å². The number of aromatic nitrogens is 4. The Bertz CT molecular complexity index is 1070. The average Bonchev–Trinajstić information content (AvgIpc) is 3.30. The van der Waals surface area contributed by atoms with Crippen molar-refractivity contribution < 1.29 is 9.52 Å². The summed E-state index contributed by atoms with van der Waals surface area (Å²) in [5.41, 5.74) is 2.86. The molecule has 0 saturated carbocycles. The van der Waals surface area contributed by atoms with Crippen molar-refractivity contribution in [3.8, 4) is 11.6 Å². The summed E-state index contributed by atoms with van der Waals surface area (Å²) in [6, 6.07) is 8.24. The van der Waals surface area contributed by atoms with Crippen molar-refractivity contribution in [2.75, 3.05) is 13.1 Å². The summed E-state index contributed by atoms with van der Waals surface area (Å²) in [6.07, 6.45) is 1.41. The van der Waals surface area contributed by atoms with Gasteiger partial charge in [-0.15, -0.1) is 10.2 Å². The first-order chi connectivity index (χ1) is 12.7. The second-order valence-electron chi connectivity index (χ2n) is 6.74. The van der Waals surface area contributed by atoms with Gasteiger partial charge in [-0.05, 0) is 31.9 Å². The number of aliphatic hydroxyl groups is 1. The lowest BCUT2D eigenvalue weighted by atomic mass is 10.1. The van der Waals surface area contributed by atoms with Gasteiger partial charge in [0, 0.05) is 13.1 Å². The van der Waals surface area contributed by atoms with Crippen LogP contribution in [-0.4, -0.2) is 48.8 Å². The number of aryl methyl sites for hydroxylation is 1. The third kappa shape index (κ3) is 2.61. The van der Waals surface area contributed by atoms with Gasteiger partial charge < -0.3 is 9.52 Å². The summed E-state index contributed by atoms with van der Waals surface area (Å²) >= 11 is 1.66. The predicted octanol–water partition coefficient (Wildman–Crippen LogP) is 2.86. The molecular formula is C18H19N5O2S. The molecule has 4 heterocycles. The third-order valence-electron chi connectivity index (χ3n) is 4.91. The Morgan fingerprint density at radius 2 is 2.04 bits per heavy atom. The van der Waals surface area contributed by atoms with E-state index in [4.69, 9.17) is 4.42 Å². The van der Waals surface area contributed by atoms with E-state index in [-0.39, 0.29) is 6.10 Å². The Labute approximate surface area is 153 Å². The van der Waals surface area contributed by atoms with E-state index in [1.165, 1.54) is 4.70 Å². The van der Waals surface area contributed by atoms with Gasteiger partial charge in [0.25, 0.3) is 5.89 Å². The van der Waals surface area contributed by atoms with Crippen LogP contribution >= 0.6 is 11.3 Å². The van der Waals surface area contributed by atoms with Crippen molar-refractivity contribution in [2.45, 2.75) is 32.4 Å². The number of hydrogen-bond donors (Lipinski definition) is 1. The first-order valence-corrected chi connectivity index (χ1v) is 9.60. The van der Waals surface area contributed by atoms with Gasteiger partial charge in [0.2, 0.25) is 5.89 Å². The smallest absolute Gasteiger partial charge is 0.266 e. The molecule has 134 valence electrons. The monoisotopic (exact) mass is 369 g/mol. The fourth-order valence-electron chi connectivity index (χ4n) is 3.55. The minimum absolute atomic E-state index is 0.181. The van der Waals surface area contributed by atoms with E-state index in [9.17, 15) is 5.11 Å². The normalized spacial score (nSPS) is 16.8. The zero-order chi connectivity index (χ0) is 17.7. The Kier molecular flexibility index (Phi) is 3.77. The molecule has 0 aliphatic carbocycles. The maximum atomic E-state index is 9.63. The van der Waals surface area contributed by atoms with Crippen LogP contribution < -0.4 is 0 Å². The third-order valence-corrected chi connectivity index (χ3v) is 5.94. The van der Waals surface area contributed by atoms with Gasteiger partial charge in [0.1, 0.15) is 5.69 Å². The SMILES string of the molecule is Cc1nc2sc3ccccc3n2c1-c1nnc(CN2CCC(O)CC2)o1. The topological polar surface area (TPSA) is 79.7 Å². The molecular weight excluding hydrogens is 350 g/mol. The van der Waals surface area contributed by atoms with Crippen LogP contribution in [0.15, 0.2) is 28.7 Å². The fraction of sp³-hybridized carbons (Fsp3) is 0.389. The lowest BCUT2D eigenvalue weighted by molar-refractivity contribution is 0.0752. The van der Waals surface area contributed by atoms with Crippen LogP contribution in [0.2, 0.25) is 0 Å². The van der Waals surface area contributed by atoms with Crippen molar-refractivity contribution in [1.82, 2.24) is 24.5 Å². The Morgan fingerprint density at radius 3 is 2.88 bits per heavy atom. The number of rotatable bonds is 3. The van der Waals surface area contributed by atoms with Crippen molar-refractivity contribution in [2.24, 2.45) is 0 Å². The largest absolute Gasteiger partial charge is 0.418 e. The standard InChI is InChI=1S/C18H19N5O2S/c1-11-16(23-13-4-2-3-5-14(13)26-18(23)19-11)17-21-20-15(25-17)10-22-8-6-12(24)7-9-22/h2-5,12,24H,6-10H2,1H3. The second kappa shape index (κ2) is 6.15. The molecule has 0 unspecified atom stereocenters. The molecule has 0 atom stereocenters.